The average molecular weight is 305 g/mol. The van der Waals surface area contributed by atoms with Gasteiger partial charge in [-0.15, -0.1) is 0 Å². The zero-order valence-electron chi connectivity index (χ0n) is 12.5. The zero-order chi connectivity index (χ0) is 15.1. The molecule has 0 amide bonds. The molecule has 3 atom stereocenters. The van der Waals surface area contributed by atoms with Gasteiger partial charge in [0.15, 0.2) is 0 Å². The Hall–Kier alpha value is -1.20. The first-order valence-corrected chi connectivity index (χ1v) is 8.21. The standard InChI is InChI=1S/C17H23NO2S/c1-13(16-8-9-21-12-16)18-10-17(19)11-20-14(2)15-6-4-3-5-7-15/h3-9,12-14,17-19H,10-11H2,1-2H3. The Labute approximate surface area is 130 Å². The Balaban J connectivity index is 1.69. The molecule has 4 heteroatoms. The van der Waals surface area contributed by atoms with E-state index in [0.29, 0.717) is 13.2 Å². The predicted molar refractivity (Wildman–Crippen MR) is 87.6 cm³/mol. The van der Waals surface area contributed by atoms with Crippen molar-refractivity contribution in [3.8, 4) is 0 Å². The number of hydrogen-bond donors (Lipinski definition) is 2. The summed E-state index contributed by atoms with van der Waals surface area (Å²) in [6.07, 6.45) is -0.507. The summed E-state index contributed by atoms with van der Waals surface area (Å²) in [6, 6.07) is 12.4. The van der Waals surface area contributed by atoms with Gasteiger partial charge in [0.25, 0.3) is 0 Å². The van der Waals surface area contributed by atoms with Crippen LogP contribution < -0.4 is 5.32 Å². The van der Waals surface area contributed by atoms with Gasteiger partial charge in [-0.2, -0.15) is 11.3 Å². The van der Waals surface area contributed by atoms with E-state index >= 15 is 0 Å². The molecule has 0 saturated heterocycles. The van der Waals surface area contributed by atoms with Gasteiger partial charge in [0.1, 0.15) is 0 Å². The highest BCUT2D eigenvalue weighted by Gasteiger charge is 2.11. The molecule has 3 unspecified atom stereocenters. The molecular formula is C17H23NO2S. The molecule has 0 aliphatic heterocycles. The molecule has 114 valence electrons. The van der Waals surface area contributed by atoms with E-state index in [1.807, 2.05) is 37.3 Å². The molecule has 0 bridgehead atoms. The van der Waals surface area contributed by atoms with Crippen molar-refractivity contribution in [1.29, 1.82) is 0 Å². The second-order valence-corrected chi connectivity index (χ2v) is 6.01. The van der Waals surface area contributed by atoms with Crippen molar-refractivity contribution < 1.29 is 9.84 Å². The second-order valence-electron chi connectivity index (χ2n) is 5.23. The highest BCUT2D eigenvalue weighted by atomic mass is 32.1. The molecule has 2 N–H and O–H groups in total. The third-order valence-corrected chi connectivity index (χ3v) is 4.21. The van der Waals surface area contributed by atoms with Crippen molar-refractivity contribution in [3.63, 3.8) is 0 Å². The van der Waals surface area contributed by atoms with Gasteiger partial charge in [0, 0.05) is 12.6 Å². The zero-order valence-corrected chi connectivity index (χ0v) is 13.3. The number of aliphatic hydroxyl groups is 1. The van der Waals surface area contributed by atoms with Crippen molar-refractivity contribution in [2.24, 2.45) is 0 Å². The minimum absolute atomic E-state index is 0.00449. The van der Waals surface area contributed by atoms with E-state index in [-0.39, 0.29) is 12.1 Å². The lowest BCUT2D eigenvalue weighted by Crippen LogP contribution is -2.32. The van der Waals surface area contributed by atoms with Crippen LogP contribution in [0.3, 0.4) is 0 Å². The van der Waals surface area contributed by atoms with E-state index in [4.69, 9.17) is 4.74 Å². The maximum atomic E-state index is 10.0. The van der Waals surface area contributed by atoms with Crippen molar-refractivity contribution in [2.75, 3.05) is 13.2 Å². The topological polar surface area (TPSA) is 41.5 Å². The van der Waals surface area contributed by atoms with Gasteiger partial charge in [-0.3, -0.25) is 0 Å². The number of ether oxygens (including phenoxy) is 1. The van der Waals surface area contributed by atoms with Crippen LogP contribution in [0, 0.1) is 0 Å². The van der Waals surface area contributed by atoms with Crippen molar-refractivity contribution in [2.45, 2.75) is 32.1 Å². The predicted octanol–water partition coefficient (Wildman–Crippen LogP) is 3.54. The Morgan fingerprint density at radius 3 is 2.57 bits per heavy atom. The van der Waals surface area contributed by atoms with Crippen LogP contribution in [-0.2, 0) is 4.74 Å². The quantitative estimate of drug-likeness (QED) is 0.784. The Bertz CT molecular complexity index is 501. The summed E-state index contributed by atoms with van der Waals surface area (Å²) in [4.78, 5) is 0. The number of nitrogens with one attached hydrogen (secondary N) is 1. The first-order valence-electron chi connectivity index (χ1n) is 7.27. The van der Waals surface area contributed by atoms with E-state index in [1.165, 1.54) is 5.56 Å². The lowest BCUT2D eigenvalue weighted by molar-refractivity contribution is -0.00275. The summed E-state index contributed by atoms with van der Waals surface area (Å²) < 4.78 is 5.72. The van der Waals surface area contributed by atoms with E-state index in [2.05, 4.69) is 29.1 Å². The van der Waals surface area contributed by atoms with Gasteiger partial charge in [0.05, 0.1) is 18.8 Å². The fourth-order valence-electron chi connectivity index (χ4n) is 2.09. The van der Waals surface area contributed by atoms with Crippen LogP contribution >= 0.6 is 11.3 Å². The monoisotopic (exact) mass is 305 g/mol. The van der Waals surface area contributed by atoms with Crippen LogP contribution in [0.2, 0.25) is 0 Å². The molecule has 0 aliphatic carbocycles. The van der Waals surface area contributed by atoms with Gasteiger partial charge in [0.2, 0.25) is 0 Å². The normalized spacial score (nSPS) is 15.6. The highest BCUT2D eigenvalue weighted by Crippen LogP contribution is 2.17. The summed E-state index contributed by atoms with van der Waals surface area (Å²) in [6.45, 7) is 4.96. The molecule has 0 fully saturated rings. The maximum Gasteiger partial charge on any atom is 0.0898 e. The molecule has 1 aromatic heterocycles. The van der Waals surface area contributed by atoms with Gasteiger partial charge in [-0.1, -0.05) is 30.3 Å². The summed E-state index contributed by atoms with van der Waals surface area (Å²) >= 11 is 1.69. The van der Waals surface area contributed by atoms with E-state index < -0.39 is 6.10 Å². The molecular weight excluding hydrogens is 282 g/mol. The van der Waals surface area contributed by atoms with Crippen LogP contribution in [0.15, 0.2) is 47.2 Å². The number of thiophene rings is 1. The first-order chi connectivity index (χ1) is 10.2. The minimum atomic E-state index is -0.503. The van der Waals surface area contributed by atoms with Gasteiger partial charge >= 0.3 is 0 Å². The summed E-state index contributed by atoms with van der Waals surface area (Å²) in [5, 5.41) is 17.5. The number of aliphatic hydroxyl groups excluding tert-OH is 1. The van der Waals surface area contributed by atoms with Crippen molar-refractivity contribution >= 4 is 11.3 Å². The second kappa shape index (κ2) is 8.29. The third-order valence-electron chi connectivity index (χ3n) is 3.51. The third kappa shape index (κ3) is 5.25. The highest BCUT2D eigenvalue weighted by molar-refractivity contribution is 7.07. The molecule has 0 radical (unpaired) electrons. The van der Waals surface area contributed by atoms with E-state index in [9.17, 15) is 5.11 Å². The van der Waals surface area contributed by atoms with Gasteiger partial charge in [-0.05, 0) is 41.8 Å². The summed E-state index contributed by atoms with van der Waals surface area (Å²) in [5.74, 6) is 0. The van der Waals surface area contributed by atoms with Crippen LogP contribution in [0.4, 0.5) is 0 Å². The SMILES string of the molecule is CC(NCC(O)COC(C)c1ccccc1)c1ccsc1. The van der Waals surface area contributed by atoms with E-state index in [0.717, 1.165) is 5.56 Å². The molecule has 1 heterocycles. The Morgan fingerprint density at radius 1 is 1.14 bits per heavy atom. The van der Waals surface area contributed by atoms with Crippen molar-refractivity contribution in [1.82, 2.24) is 5.32 Å². The minimum Gasteiger partial charge on any atom is -0.389 e. The van der Waals surface area contributed by atoms with E-state index in [1.54, 1.807) is 11.3 Å². The van der Waals surface area contributed by atoms with Crippen molar-refractivity contribution in [3.05, 3.63) is 58.3 Å². The lowest BCUT2D eigenvalue weighted by atomic mass is 10.1. The number of benzene rings is 1. The molecule has 2 aromatic rings. The first kappa shape index (κ1) is 16.2. The average Bonchev–Trinajstić information content (AvgIpc) is 3.05. The molecule has 21 heavy (non-hydrogen) atoms. The fourth-order valence-corrected chi connectivity index (χ4v) is 2.84. The maximum absolute atomic E-state index is 10.0. The largest absolute Gasteiger partial charge is 0.389 e. The summed E-state index contributed by atoms with van der Waals surface area (Å²) in [5.41, 5.74) is 2.38. The molecule has 0 aliphatic rings. The molecule has 2 rings (SSSR count). The molecule has 0 spiro atoms. The number of rotatable bonds is 8. The lowest BCUT2D eigenvalue weighted by Gasteiger charge is -2.19. The number of hydrogen-bond acceptors (Lipinski definition) is 4. The van der Waals surface area contributed by atoms with Crippen LogP contribution in [0.5, 0.6) is 0 Å². The Morgan fingerprint density at radius 2 is 1.90 bits per heavy atom. The van der Waals surface area contributed by atoms with Gasteiger partial charge < -0.3 is 15.2 Å². The van der Waals surface area contributed by atoms with Crippen LogP contribution in [0.25, 0.3) is 0 Å². The fraction of sp³-hybridized carbons (Fsp3) is 0.412. The molecule has 3 nitrogen and oxygen atoms in total. The van der Waals surface area contributed by atoms with Crippen LogP contribution in [-0.4, -0.2) is 24.4 Å². The molecule has 1 aromatic carbocycles. The smallest absolute Gasteiger partial charge is 0.0898 e. The Kier molecular flexibility index (Phi) is 6.39. The summed E-state index contributed by atoms with van der Waals surface area (Å²) in [7, 11) is 0. The van der Waals surface area contributed by atoms with Crippen LogP contribution in [0.1, 0.15) is 37.1 Å². The molecule has 0 saturated carbocycles. The van der Waals surface area contributed by atoms with Gasteiger partial charge in [-0.25, -0.2) is 0 Å².